The molecule has 1 aromatic carbocycles. The molecule has 1 atom stereocenters. The van der Waals surface area contributed by atoms with Crippen LogP contribution in [0.5, 0.6) is 0 Å². The monoisotopic (exact) mass is 367 g/mol. The van der Waals surface area contributed by atoms with Gasteiger partial charge in [-0.25, -0.2) is 4.98 Å². The van der Waals surface area contributed by atoms with Crippen molar-refractivity contribution in [1.29, 1.82) is 0 Å². The number of rotatable bonds is 5. The van der Waals surface area contributed by atoms with E-state index in [4.69, 9.17) is 0 Å². The molecule has 0 saturated heterocycles. The van der Waals surface area contributed by atoms with E-state index in [9.17, 15) is 9.59 Å². The second-order valence-electron chi connectivity index (χ2n) is 6.72. The zero-order chi connectivity index (χ0) is 17.9. The summed E-state index contributed by atoms with van der Waals surface area (Å²) in [6, 6.07) is 10.3. The van der Waals surface area contributed by atoms with Crippen molar-refractivity contribution in [3.05, 3.63) is 63.5 Å². The summed E-state index contributed by atoms with van der Waals surface area (Å²) in [6.45, 7) is 1.01. The van der Waals surface area contributed by atoms with E-state index in [-0.39, 0.29) is 17.9 Å². The Morgan fingerprint density at radius 3 is 3.12 bits per heavy atom. The molecule has 3 aromatic rings. The Kier molecular flexibility index (Phi) is 4.84. The molecule has 0 bridgehead atoms. The average Bonchev–Trinajstić information content (AvgIpc) is 3.15. The van der Waals surface area contributed by atoms with Crippen LogP contribution in [0.4, 0.5) is 0 Å². The predicted molar refractivity (Wildman–Crippen MR) is 104 cm³/mol. The molecule has 1 unspecified atom stereocenters. The van der Waals surface area contributed by atoms with Gasteiger partial charge in [0.15, 0.2) is 0 Å². The summed E-state index contributed by atoms with van der Waals surface area (Å²) in [4.78, 5) is 29.6. The third-order valence-electron chi connectivity index (χ3n) is 5.07. The van der Waals surface area contributed by atoms with Gasteiger partial charge in [0.25, 0.3) is 5.56 Å². The molecule has 5 nitrogen and oxygen atoms in total. The van der Waals surface area contributed by atoms with Gasteiger partial charge in [0.2, 0.25) is 5.91 Å². The van der Waals surface area contributed by atoms with Crippen LogP contribution in [0.2, 0.25) is 0 Å². The summed E-state index contributed by atoms with van der Waals surface area (Å²) >= 11 is 1.45. The number of aryl methyl sites for hydroxylation is 2. The minimum Gasteiger partial charge on any atom is -0.355 e. The van der Waals surface area contributed by atoms with Gasteiger partial charge in [0.05, 0.1) is 11.7 Å². The quantitative estimate of drug-likeness (QED) is 0.754. The number of hydrogen-bond acceptors (Lipinski definition) is 4. The number of fused-ring (bicyclic) bond motifs is 2. The summed E-state index contributed by atoms with van der Waals surface area (Å²) in [5.41, 5.74) is 2.69. The largest absolute Gasteiger partial charge is 0.355 e. The second kappa shape index (κ2) is 7.41. The van der Waals surface area contributed by atoms with Gasteiger partial charge in [-0.05, 0) is 41.8 Å². The molecule has 2 heterocycles. The van der Waals surface area contributed by atoms with Crippen LogP contribution in [-0.2, 0) is 17.8 Å². The maximum Gasteiger partial charge on any atom is 0.262 e. The van der Waals surface area contributed by atoms with Crippen molar-refractivity contribution < 1.29 is 4.79 Å². The maximum atomic E-state index is 12.3. The number of thiophene rings is 1. The fraction of sp³-hybridized carbons (Fsp3) is 0.350. The molecule has 1 N–H and O–H groups in total. The van der Waals surface area contributed by atoms with Crippen LogP contribution >= 0.6 is 11.3 Å². The number of carbonyl (C=O) groups is 1. The normalized spacial score (nSPS) is 16.4. The Hall–Kier alpha value is -2.47. The van der Waals surface area contributed by atoms with Gasteiger partial charge in [-0.15, -0.1) is 11.3 Å². The molecule has 6 heteroatoms. The number of amides is 1. The molecule has 4 rings (SSSR count). The summed E-state index contributed by atoms with van der Waals surface area (Å²) in [7, 11) is 0. The highest BCUT2D eigenvalue weighted by atomic mass is 32.1. The smallest absolute Gasteiger partial charge is 0.262 e. The molecule has 0 radical (unpaired) electrons. The first kappa shape index (κ1) is 17.0. The number of benzene rings is 1. The van der Waals surface area contributed by atoms with E-state index in [0.29, 0.717) is 24.4 Å². The van der Waals surface area contributed by atoms with Crippen molar-refractivity contribution in [2.75, 3.05) is 6.54 Å². The summed E-state index contributed by atoms with van der Waals surface area (Å²) < 4.78 is 1.52. The predicted octanol–water partition coefficient (Wildman–Crippen LogP) is 3.08. The third kappa shape index (κ3) is 3.42. The van der Waals surface area contributed by atoms with Crippen molar-refractivity contribution in [2.45, 2.75) is 38.1 Å². The zero-order valence-electron chi connectivity index (χ0n) is 14.5. The number of nitrogens with zero attached hydrogens (tertiary/aromatic N) is 2. The van der Waals surface area contributed by atoms with Crippen LogP contribution < -0.4 is 10.9 Å². The fourth-order valence-corrected chi connectivity index (χ4v) is 4.39. The summed E-state index contributed by atoms with van der Waals surface area (Å²) in [5, 5.41) is 5.52. The van der Waals surface area contributed by atoms with Gasteiger partial charge in [-0.2, -0.15) is 0 Å². The number of hydrogen-bond donors (Lipinski definition) is 1. The van der Waals surface area contributed by atoms with Gasteiger partial charge in [-0.3, -0.25) is 14.2 Å². The molecular formula is C20H21N3O2S. The van der Waals surface area contributed by atoms with Crippen LogP contribution in [0, 0.1) is 0 Å². The lowest BCUT2D eigenvalue weighted by Gasteiger charge is -2.25. The van der Waals surface area contributed by atoms with Crippen molar-refractivity contribution in [3.63, 3.8) is 0 Å². The van der Waals surface area contributed by atoms with Crippen LogP contribution in [0.3, 0.4) is 0 Å². The molecule has 0 fully saturated rings. The third-order valence-corrected chi connectivity index (χ3v) is 5.89. The first-order valence-corrected chi connectivity index (χ1v) is 9.87. The van der Waals surface area contributed by atoms with Crippen LogP contribution in [0.1, 0.15) is 36.3 Å². The highest BCUT2D eigenvalue weighted by molar-refractivity contribution is 7.16. The molecule has 1 amide bonds. The van der Waals surface area contributed by atoms with Crippen LogP contribution in [0.15, 0.2) is 46.8 Å². The maximum absolute atomic E-state index is 12.3. The van der Waals surface area contributed by atoms with Crippen LogP contribution in [0.25, 0.3) is 10.2 Å². The summed E-state index contributed by atoms with van der Waals surface area (Å²) in [5.74, 6) is 0.362. The average molecular weight is 367 g/mol. The lowest BCUT2D eigenvalue weighted by molar-refractivity contribution is -0.121. The number of aromatic nitrogens is 2. The second-order valence-corrected chi connectivity index (χ2v) is 7.62. The van der Waals surface area contributed by atoms with Gasteiger partial charge in [-0.1, -0.05) is 24.3 Å². The van der Waals surface area contributed by atoms with Crippen LogP contribution in [-0.4, -0.2) is 22.0 Å². The highest BCUT2D eigenvalue weighted by Gasteiger charge is 2.20. The molecule has 1 aliphatic rings. The van der Waals surface area contributed by atoms with Gasteiger partial charge >= 0.3 is 0 Å². The van der Waals surface area contributed by atoms with Gasteiger partial charge in [0.1, 0.15) is 4.83 Å². The SMILES string of the molecule is O=C(CCn1cnc2sccc2c1=O)NCC1CCCc2ccccc21. The Balaban J connectivity index is 1.35. The standard InChI is InChI=1S/C20H21N3O2S/c24-18(8-10-23-13-22-19-17(20(23)25)9-11-26-19)21-12-15-6-3-5-14-4-1-2-7-16(14)15/h1-2,4,7,9,11,13,15H,3,5-6,8,10,12H2,(H,21,24). The Labute approximate surface area is 155 Å². The molecule has 2 aromatic heterocycles. The van der Waals surface area contributed by atoms with E-state index in [1.54, 1.807) is 6.07 Å². The lowest BCUT2D eigenvalue weighted by atomic mass is 9.83. The zero-order valence-corrected chi connectivity index (χ0v) is 15.3. The van der Waals surface area contributed by atoms with E-state index in [1.807, 2.05) is 5.38 Å². The number of carbonyl (C=O) groups excluding carboxylic acids is 1. The molecule has 1 aliphatic carbocycles. The molecule has 134 valence electrons. The topological polar surface area (TPSA) is 64.0 Å². The van der Waals surface area contributed by atoms with E-state index in [1.165, 1.54) is 39.8 Å². The lowest BCUT2D eigenvalue weighted by Crippen LogP contribution is -2.31. The molecular weight excluding hydrogens is 346 g/mol. The van der Waals surface area contributed by atoms with Crippen molar-refractivity contribution in [3.8, 4) is 0 Å². The fourth-order valence-electron chi connectivity index (χ4n) is 3.67. The van der Waals surface area contributed by atoms with E-state index in [2.05, 4.69) is 34.6 Å². The highest BCUT2D eigenvalue weighted by Crippen LogP contribution is 2.30. The van der Waals surface area contributed by atoms with E-state index < -0.39 is 0 Å². The number of nitrogens with one attached hydrogen (secondary N) is 1. The summed E-state index contributed by atoms with van der Waals surface area (Å²) in [6.07, 6.45) is 5.22. The first-order valence-electron chi connectivity index (χ1n) is 8.99. The van der Waals surface area contributed by atoms with E-state index >= 15 is 0 Å². The Bertz CT molecular complexity index is 992. The van der Waals surface area contributed by atoms with Crippen molar-refractivity contribution in [1.82, 2.24) is 14.9 Å². The molecule has 0 aliphatic heterocycles. The molecule has 0 spiro atoms. The molecule has 26 heavy (non-hydrogen) atoms. The van der Waals surface area contributed by atoms with E-state index in [0.717, 1.165) is 17.7 Å². The van der Waals surface area contributed by atoms with Gasteiger partial charge < -0.3 is 5.32 Å². The van der Waals surface area contributed by atoms with Gasteiger partial charge in [0, 0.05) is 25.4 Å². The minimum atomic E-state index is -0.0785. The molecule has 0 saturated carbocycles. The van der Waals surface area contributed by atoms with Crippen molar-refractivity contribution >= 4 is 27.5 Å². The minimum absolute atomic E-state index is 0.0228. The Morgan fingerprint density at radius 2 is 2.19 bits per heavy atom. The van der Waals surface area contributed by atoms with Crippen molar-refractivity contribution in [2.24, 2.45) is 0 Å². The Morgan fingerprint density at radius 1 is 1.31 bits per heavy atom. The first-order chi connectivity index (χ1) is 12.7.